The van der Waals surface area contributed by atoms with Crippen molar-refractivity contribution in [1.82, 2.24) is 10.3 Å². The molecule has 0 radical (unpaired) electrons. The van der Waals surface area contributed by atoms with Gasteiger partial charge in [0.2, 0.25) is 0 Å². The molecule has 1 unspecified atom stereocenters. The summed E-state index contributed by atoms with van der Waals surface area (Å²) in [6.07, 6.45) is 2.26. The first-order valence-corrected chi connectivity index (χ1v) is 7.84. The van der Waals surface area contributed by atoms with Crippen LogP contribution in [0.15, 0.2) is 41.4 Å². The first-order valence-electron chi connectivity index (χ1n) is 6.48. The molecule has 1 aromatic carbocycles. The van der Waals surface area contributed by atoms with Crippen molar-refractivity contribution in [2.45, 2.75) is 17.4 Å². The summed E-state index contributed by atoms with van der Waals surface area (Å²) in [4.78, 5) is 17.1. The molecule has 0 bridgehead atoms. The van der Waals surface area contributed by atoms with E-state index < -0.39 is 0 Å². The third kappa shape index (κ3) is 3.19. The van der Waals surface area contributed by atoms with Gasteiger partial charge in [0.05, 0.1) is 6.04 Å². The molecule has 21 heavy (non-hydrogen) atoms. The summed E-state index contributed by atoms with van der Waals surface area (Å²) in [7, 11) is 0. The molecular formula is C15H12ClFN2OS. The highest BCUT2D eigenvalue weighted by Crippen LogP contribution is 2.36. The van der Waals surface area contributed by atoms with Crippen LogP contribution in [0, 0.1) is 5.82 Å². The Morgan fingerprint density at radius 2 is 2.24 bits per heavy atom. The highest BCUT2D eigenvalue weighted by Gasteiger charge is 2.23. The largest absolute Gasteiger partial charge is 0.345 e. The topological polar surface area (TPSA) is 42.0 Å². The molecule has 0 spiro atoms. The van der Waals surface area contributed by atoms with E-state index in [0.717, 1.165) is 22.6 Å². The summed E-state index contributed by atoms with van der Waals surface area (Å²) < 4.78 is 13.4. The highest BCUT2D eigenvalue weighted by atomic mass is 35.5. The minimum absolute atomic E-state index is 0.184. The maximum atomic E-state index is 13.4. The van der Waals surface area contributed by atoms with Gasteiger partial charge in [0.1, 0.15) is 11.0 Å². The molecule has 3 rings (SSSR count). The van der Waals surface area contributed by atoms with Crippen molar-refractivity contribution in [2.24, 2.45) is 0 Å². The molecule has 1 atom stereocenters. The zero-order valence-corrected chi connectivity index (χ0v) is 12.5. The second-order valence-corrected chi connectivity index (χ2v) is 6.24. The maximum Gasteiger partial charge on any atom is 0.251 e. The Balaban J connectivity index is 1.83. The van der Waals surface area contributed by atoms with Crippen LogP contribution in [0.2, 0.25) is 5.15 Å². The van der Waals surface area contributed by atoms with Crippen LogP contribution in [0.1, 0.15) is 28.4 Å². The quantitative estimate of drug-likeness (QED) is 0.854. The maximum absolute atomic E-state index is 13.4. The minimum atomic E-state index is -0.289. The lowest BCUT2D eigenvalue weighted by Gasteiger charge is -2.26. The van der Waals surface area contributed by atoms with Crippen molar-refractivity contribution in [3.05, 3.63) is 58.6 Å². The van der Waals surface area contributed by atoms with Crippen LogP contribution >= 0.6 is 23.4 Å². The Labute approximate surface area is 130 Å². The molecule has 0 saturated heterocycles. The van der Waals surface area contributed by atoms with Crippen molar-refractivity contribution in [3.8, 4) is 0 Å². The Kier molecular flexibility index (Phi) is 4.12. The van der Waals surface area contributed by atoms with Crippen molar-refractivity contribution in [3.63, 3.8) is 0 Å². The molecule has 1 amide bonds. The molecule has 6 heteroatoms. The summed E-state index contributed by atoms with van der Waals surface area (Å²) in [6, 6.07) is 7.63. The van der Waals surface area contributed by atoms with Crippen molar-refractivity contribution < 1.29 is 9.18 Å². The Bertz CT molecular complexity index is 695. The molecule has 1 aliphatic rings. The molecule has 1 aromatic heterocycles. The normalized spacial score (nSPS) is 17.1. The van der Waals surface area contributed by atoms with Gasteiger partial charge in [-0.2, -0.15) is 0 Å². The van der Waals surface area contributed by atoms with Crippen molar-refractivity contribution >= 4 is 29.3 Å². The molecule has 3 nitrogen and oxygen atoms in total. The van der Waals surface area contributed by atoms with E-state index in [1.165, 1.54) is 24.4 Å². The molecule has 0 aliphatic carbocycles. The number of aromatic nitrogens is 1. The number of rotatable bonds is 2. The SMILES string of the molecule is O=C(NC1CCSc2ccc(F)cc21)c1ccnc(Cl)c1. The highest BCUT2D eigenvalue weighted by molar-refractivity contribution is 7.99. The van der Waals surface area contributed by atoms with Gasteiger partial charge >= 0.3 is 0 Å². The zero-order chi connectivity index (χ0) is 14.8. The first-order chi connectivity index (χ1) is 10.1. The summed E-state index contributed by atoms with van der Waals surface area (Å²) in [5, 5.41) is 3.21. The lowest BCUT2D eigenvalue weighted by molar-refractivity contribution is 0.0934. The van der Waals surface area contributed by atoms with Crippen molar-refractivity contribution in [2.75, 3.05) is 5.75 Å². The number of nitrogens with zero attached hydrogens (tertiary/aromatic N) is 1. The van der Waals surface area contributed by atoms with E-state index in [9.17, 15) is 9.18 Å². The fourth-order valence-corrected chi connectivity index (χ4v) is 3.58. The summed E-state index contributed by atoms with van der Waals surface area (Å²) in [6.45, 7) is 0. The van der Waals surface area contributed by atoms with Crippen LogP contribution in [0.5, 0.6) is 0 Å². The number of pyridine rings is 1. The Hall–Kier alpha value is -1.59. The van der Waals surface area contributed by atoms with Gasteiger partial charge in [-0.3, -0.25) is 4.79 Å². The van der Waals surface area contributed by atoms with Crippen LogP contribution in [-0.2, 0) is 0 Å². The van der Waals surface area contributed by atoms with E-state index in [2.05, 4.69) is 10.3 Å². The summed E-state index contributed by atoms with van der Waals surface area (Å²) in [5.41, 5.74) is 1.28. The smallest absolute Gasteiger partial charge is 0.251 e. The lowest BCUT2D eigenvalue weighted by atomic mass is 10.0. The number of nitrogens with one attached hydrogen (secondary N) is 1. The number of hydrogen-bond donors (Lipinski definition) is 1. The van der Waals surface area contributed by atoms with E-state index in [1.54, 1.807) is 23.9 Å². The Morgan fingerprint density at radius 3 is 3.05 bits per heavy atom. The van der Waals surface area contributed by atoms with Gasteiger partial charge in [-0.1, -0.05) is 11.6 Å². The Morgan fingerprint density at radius 1 is 1.38 bits per heavy atom. The second kappa shape index (κ2) is 6.03. The molecule has 0 fully saturated rings. The van der Waals surface area contributed by atoms with Gasteiger partial charge in [0, 0.05) is 22.4 Å². The minimum Gasteiger partial charge on any atom is -0.345 e. The average Bonchev–Trinajstić information content (AvgIpc) is 2.48. The second-order valence-electron chi connectivity index (χ2n) is 4.71. The van der Waals surface area contributed by atoms with E-state index in [0.29, 0.717) is 5.56 Å². The van der Waals surface area contributed by atoms with Gasteiger partial charge in [-0.25, -0.2) is 9.37 Å². The molecule has 2 heterocycles. The number of benzene rings is 1. The van der Waals surface area contributed by atoms with Gasteiger partial charge in [0.25, 0.3) is 5.91 Å². The van der Waals surface area contributed by atoms with Gasteiger partial charge in [-0.15, -0.1) is 11.8 Å². The predicted molar refractivity (Wildman–Crippen MR) is 81.2 cm³/mol. The number of thioether (sulfide) groups is 1. The van der Waals surface area contributed by atoms with Crippen LogP contribution in [0.25, 0.3) is 0 Å². The van der Waals surface area contributed by atoms with E-state index in [1.807, 2.05) is 0 Å². The number of fused-ring (bicyclic) bond motifs is 1. The molecule has 1 N–H and O–H groups in total. The van der Waals surface area contributed by atoms with Gasteiger partial charge < -0.3 is 5.32 Å². The number of halogens is 2. The summed E-state index contributed by atoms with van der Waals surface area (Å²) >= 11 is 7.47. The van der Waals surface area contributed by atoms with Gasteiger partial charge in [-0.05, 0) is 42.3 Å². The van der Waals surface area contributed by atoms with E-state index in [-0.39, 0.29) is 22.9 Å². The number of carbonyl (C=O) groups excluding carboxylic acids is 1. The average molecular weight is 323 g/mol. The number of carbonyl (C=O) groups is 1. The van der Waals surface area contributed by atoms with Crippen LogP contribution in [0.4, 0.5) is 4.39 Å². The van der Waals surface area contributed by atoms with E-state index >= 15 is 0 Å². The fourth-order valence-electron chi connectivity index (χ4n) is 2.30. The van der Waals surface area contributed by atoms with Gasteiger partial charge in [0.15, 0.2) is 0 Å². The van der Waals surface area contributed by atoms with E-state index in [4.69, 9.17) is 11.6 Å². The van der Waals surface area contributed by atoms with Crippen molar-refractivity contribution in [1.29, 1.82) is 0 Å². The third-order valence-electron chi connectivity index (χ3n) is 3.31. The lowest BCUT2D eigenvalue weighted by Crippen LogP contribution is -2.30. The fraction of sp³-hybridized carbons (Fsp3) is 0.200. The molecule has 1 aliphatic heterocycles. The number of amides is 1. The molecule has 0 saturated carbocycles. The van der Waals surface area contributed by atoms with Crippen LogP contribution in [-0.4, -0.2) is 16.6 Å². The predicted octanol–water partition coefficient (Wildman–Crippen LogP) is 3.84. The van der Waals surface area contributed by atoms with Crippen LogP contribution < -0.4 is 5.32 Å². The number of hydrogen-bond acceptors (Lipinski definition) is 3. The molecular weight excluding hydrogens is 311 g/mol. The first kappa shape index (κ1) is 14.4. The standard InChI is InChI=1S/C15H12ClFN2OS/c16-14-7-9(3-5-18-14)15(20)19-12-4-6-21-13-2-1-10(17)8-11(12)13/h1-3,5,7-8,12H,4,6H2,(H,19,20). The molecule has 108 valence electrons. The van der Waals surface area contributed by atoms with Crippen LogP contribution in [0.3, 0.4) is 0 Å². The summed E-state index contributed by atoms with van der Waals surface area (Å²) in [5.74, 6) is 0.370. The zero-order valence-electron chi connectivity index (χ0n) is 11.0. The monoisotopic (exact) mass is 322 g/mol. The third-order valence-corrected chi connectivity index (χ3v) is 4.63. The molecule has 2 aromatic rings.